The summed E-state index contributed by atoms with van der Waals surface area (Å²) in [5.74, 6) is -1.17. The van der Waals surface area contributed by atoms with Crippen molar-refractivity contribution < 1.29 is 43.2 Å². The molecule has 2 N–H and O–H groups in total. The van der Waals surface area contributed by atoms with Crippen LogP contribution >= 0.6 is 0 Å². The highest BCUT2D eigenvalue weighted by atomic mass is 19.1. The van der Waals surface area contributed by atoms with Crippen molar-refractivity contribution in [1.82, 2.24) is 9.88 Å². The SMILES string of the molecule is C=CCOC12Oc3ccc(OCc4cccc(C)n4)cc3C3C(CCCCO)C(CCCCO)C=C(C(=NOCC)CC1N(Cc1ccc(F)cc1)C(=O)OCCCCCCCCCCCC)C32. The molecule has 6 atom stereocenters. The van der Waals surface area contributed by atoms with E-state index in [-0.39, 0.29) is 69.6 Å². The van der Waals surface area contributed by atoms with Gasteiger partial charge in [-0.25, -0.2) is 9.18 Å². The first kappa shape index (κ1) is 52.6. The molecule has 1 amide bonds. The second kappa shape index (κ2) is 27.4. The first-order valence-corrected chi connectivity index (χ1v) is 25.7. The van der Waals surface area contributed by atoms with Crippen molar-refractivity contribution in [3.05, 3.63) is 113 Å². The van der Waals surface area contributed by atoms with Gasteiger partial charge in [-0.2, -0.15) is 0 Å². The number of unbranched alkanes of at least 4 members (excludes halogenated alkanes) is 11. The zero-order chi connectivity index (χ0) is 48.1. The van der Waals surface area contributed by atoms with E-state index in [2.05, 4.69) is 30.6 Å². The van der Waals surface area contributed by atoms with Crippen LogP contribution in [-0.2, 0) is 27.5 Å². The highest BCUT2D eigenvalue weighted by molar-refractivity contribution is 6.03. The lowest BCUT2D eigenvalue weighted by Crippen LogP contribution is -2.70. The van der Waals surface area contributed by atoms with Crippen molar-refractivity contribution in [1.29, 1.82) is 0 Å². The van der Waals surface area contributed by atoms with Crippen molar-refractivity contribution in [3.63, 3.8) is 0 Å². The lowest BCUT2D eigenvalue weighted by atomic mass is 9.55. The highest BCUT2D eigenvalue weighted by Crippen LogP contribution is 2.62. The fourth-order valence-corrected chi connectivity index (χ4v) is 10.6. The Balaban J connectivity index is 1.44. The third-order valence-corrected chi connectivity index (χ3v) is 13.9. The molecule has 2 aliphatic carbocycles. The van der Waals surface area contributed by atoms with Crippen molar-refractivity contribution in [2.24, 2.45) is 22.9 Å². The molecule has 1 fully saturated rings. The number of rotatable bonds is 30. The normalized spacial score (nSPS) is 22.1. The molecule has 0 spiro atoms. The van der Waals surface area contributed by atoms with Gasteiger partial charge < -0.3 is 34.0 Å². The second-order valence-corrected chi connectivity index (χ2v) is 18.8. The molecule has 1 saturated carbocycles. The Labute approximate surface area is 405 Å². The molecule has 3 aromatic rings. The zero-order valence-corrected chi connectivity index (χ0v) is 41.1. The molecule has 6 rings (SSSR count). The van der Waals surface area contributed by atoms with Gasteiger partial charge >= 0.3 is 6.09 Å². The number of oxime groups is 1. The number of hydrogen-bond donors (Lipinski definition) is 2. The smallest absolute Gasteiger partial charge is 0.410 e. The van der Waals surface area contributed by atoms with E-state index in [1.807, 2.05) is 44.2 Å². The maximum atomic E-state index is 14.9. The molecule has 1 aliphatic heterocycles. The van der Waals surface area contributed by atoms with Gasteiger partial charge in [-0.15, -0.1) is 6.58 Å². The van der Waals surface area contributed by atoms with Crippen LogP contribution in [0.25, 0.3) is 0 Å². The molecule has 372 valence electrons. The van der Waals surface area contributed by atoms with E-state index in [1.165, 1.54) is 57.1 Å². The molecule has 0 bridgehead atoms. The summed E-state index contributed by atoms with van der Waals surface area (Å²) in [4.78, 5) is 27.2. The van der Waals surface area contributed by atoms with Crippen LogP contribution in [0.15, 0.2) is 90.1 Å². The minimum absolute atomic E-state index is 0.0398. The standard InChI is InChI=1S/C56H78FN3O8/c1-5-8-9-10-11-12-13-14-15-20-35-64-55(63)60(39-42-26-28-44(57)29-27-42)52-38-50(59-67-7-3)48-36-43(23-16-18-32-61)47(25-17-19-33-62)53-49-37-46(65-40-45-24-21-22-41(4)58-45)30-31-51(49)68-56(52,54(48)53)66-34-6-2/h6,21-22,24,26-31,36-37,43,47,52-54,61-62H,2,5,7-20,23,25,32-35,38-40H2,1,3-4H3. The maximum Gasteiger partial charge on any atom is 0.410 e. The van der Waals surface area contributed by atoms with Crippen LogP contribution in [0, 0.1) is 30.5 Å². The number of carbonyl (C=O) groups is 1. The maximum absolute atomic E-state index is 14.9. The molecule has 2 aromatic carbocycles. The number of ether oxygens (including phenoxy) is 4. The minimum Gasteiger partial charge on any atom is -0.487 e. The van der Waals surface area contributed by atoms with Crippen LogP contribution in [-0.4, -0.2) is 76.8 Å². The number of halogens is 1. The summed E-state index contributed by atoms with van der Waals surface area (Å²) in [5, 5.41) is 24.8. The largest absolute Gasteiger partial charge is 0.487 e. The van der Waals surface area contributed by atoms with Gasteiger partial charge in [0.1, 0.15) is 36.6 Å². The van der Waals surface area contributed by atoms with Crippen LogP contribution in [0.2, 0.25) is 0 Å². The van der Waals surface area contributed by atoms with Gasteiger partial charge in [0.2, 0.25) is 5.79 Å². The summed E-state index contributed by atoms with van der Waals surface area (Å²) in [7, 11) is 0. The topological polar surface area (TPSA) is 132 Å². The molecule has 6 unspecified atom stereocenters. The third-order valence-electron chi connectivity index (χ3n) is 13.9. The van der Waals surface area contributed by atoms with Crippen LogP contribution in [0.4, 0.5) is 9.18 Å². The Morgan fingerprint density at radius 2 is 1.65 bits per heavy atom. The Morgan fingerprint density at radius 3 is 2.34 bits per heavy atom. The quantitative estimate of drug-likeness (QED) is 0.0381. The molecule has 11 nitrogen and oxygen atoms in total. The third kappa shape index (κ3) is 13.9. The molecule has 2 heterocycles. The van der Waals surface area contributed by atoms with E-state index in [9.17, 15) is 19.4 Å². The number of carbonyl (C=O) groups excluding carboxylic acids is 1. The van der Waals surface area contributed by atoms with E-state index < -0.39 is 23.8 Å². The highest BCUT2D eigenvalue weighted by Gasteiger charge is 2.65. The number of aliphatic hydroxyl groups excluding tert-OH is 2. The van der Waals surface area contributed by atoms with Crippen molar-refractivity contribution >= 4 is 11.8 Å². The number of fused-ring (bicyclic) bond motifs is 2. The van der Waals surface area contributed by atoms with Crippen molar-refractivity contribution in [2.45, 2.75) is 161 Å². The van der Waals surface area contributed by atoms with Gasteiger partial charge in [0.05, 0.1) is 30.5 Å². The predicted molar refractivity (Wildman–Crippen MR) is 265 cm³/mol. The van der Waals surface area contributed by atoms with E-state index in [0.717, 1.165) is 73.0 Å². The van der Waals surface area contributed by atoms with Gasteiger partial charge in [-0.05, 0) is 111 Å². The van der Waals surface area contributed by atoms with E-state index in [1.54, 1.807) is 23.1 Å². The average molecular weight is 940 g/mol. The second-order valence-electron chi connectivity index (χ2n) is 18.8. The van der Waals surface area contributed by atoms with Gasteiger partial charge in [-0.1, -0.05) is 113 Å². The van der Waals surface area contributed by atoms with Crippen LogP contribution in [0.3, 0.4) is 0 Å². The minimum atomic E-state index is -1.47. The van der Waals surface area contributed by atoms with Gasteiger partial charge in [-0.3, -0.25) is 9.88 Å². The number of aliphatic hydroxyl groups is 2. The first-order valence-electron chi connectivity index (χ1n) is 25.7. The number of pyridine rings is 1. The summed E-state index contributed by atoms with van der Waals surface area (Å²) in [5.41, 5.74) is 5.04. The average Bonchev–Trinajstić information content (AvgIpc) is 3.34. The summed E-state index contributed by atoms with van der Waals surface area (Å²) in [6.07, 6.45) is 19.9. The van der Waals surface area contributed by atoms with E-state index in [0.29, 0.717) is 36.7 Å². The Hall–Kier alpha value is -4.78. The first-order chi connectivity index (χ1) is 33.3. The van der Waals surface area contributed by atoms with Crippen LogP contribution in [0.1, 0.15) is 151 Å². The zero-order valence-electron chi connectivity index (χ0n) is 41.1. The molecule has 3 aliphatic rings. The van der Waals surface area contributed by atoms with Crippen molar-refractivity contribution in [2.75, 3.05) is 33.0 Å². The molecular formula is C56H78FN3O8. The molecule has 68 heavy (non-hydrogen) atoms. The summed E-state index contributed by atoms with van der Waals surface area (Å²) in [6, 6.07) is 17.2. The fourth-order valence-electron chi connectivity index (χ4n) is 10.6. The van der Waals surface area contributed by atoms with Gasteiger partial charge in [0, 0.05) is 43.4 Å². The lowest BCUT2D eigenvalue weighted by molar-refractivity contribution is -0.256. The number of amides is 1. The monoisotopic (exact) mass is 940 g/mol. The molecule has 12 heteroatoms. The van der Waals surface area contributed by atoms with E-state index in [4.69, 9.17) is 28.9 Å². The fraction of sp³-hybridized carbons (Fsp3) is 0.589. The van der Waals surface area contributed by atoms with Gasteiger partial charge in [0.25, 0.3) is 0 Å². The van der Waals surface area contributed by atoms with Crippen LogP contribution in [0.5, 0.6) is 11.5 Å². The number of benzene rings is 2. The van der Waals surface area contributed by atoms with Crippen LogP contribution < -0.4 is 9.47 Å². The Kier molecular flexibility index (Phi) is 21.2. The number of aryl methyl sites for hydroxylation is 1. The van der Waals surface area contributed by atoms with Gasteiger partial charge in [0.15, 0.2) is 0 Å². The number of hydrogen-bond acceptors (Lipinski definition) is 10. The number of aromatic nitrogens is 1. The summed E-state index contributed by atoms with van der Waals surface area (Å²) < 4.78 is 41.6. The Bertz CT molecular complexity index is 2080. The summed E-state index contributed by atoms with van der Waals surface area (Å²) in [6.45, 7) is 11.4. The molecule has 0 radical (unpaired) electrons. The molecule has 0 saturated heterocycles. The summed E-state index contributed by atoms with van der Waals surface area (Å²) >= 11 is 0. The van der Waals surface area contributed by atoms with E-state index >= 15 is 0 Å². The predicted octanol–water partition coefficient (Wildman–Crippen LogP) is 12.3. The number of allylic oxidation sites excluding steroid dienone is 1. The lowest BCUT2D eigenvalue weighted by Gasteiger charge is -2.59. The molecular weight excluding hydrogens is 862 g/mol. The van der Waals surface area contributed by atoms with Crippen molar-refractivity contribution in [3.8, 4) is 11.5 Å². The number of nitrogens with zero attached hydrogens (tertiary/aromatic N) is 3. The Morgan fingerprint density at radius 1 is 0.926 bits per heavy atom. The molecule has 1 aromatic heterocycles.